The third kappa shape index (κ3) is 12.1. The molecule has 2 aromatic rings. The minimum Gasteiger partial charge on any atom is -0.391 e. The molecule has 10 nitrogen and oxygen atoms in total. The third-order valence-electron chi connectivity index (χ3n) is 5.65. The zero-order valence-electron chi connectivity index (χ0n) is 21.3. The lowest BCUT2D eigenvalue weighted by Crippen LogP contribution is -2.39. The minimum atomic E-state index is -0.727. The summed E-state index contributed by atoms with van der Waals surface area (Å²) in [5.74, 6) is 0. The Balaban J connectivity index is 1.72. The molecule has 10 heteroatoms. The first-order chi connectivity index (χ1) is 16.8. The quantitative estimate of drug-likeness (QED) is 0.202. The summed E-state index contributed by atoms with van der Waals surface area (Å²) in [6.45, 7) is 5.49. The number of aromatic nitrogens is 3. The van der Waals surface area contributed by atoms with E-state index in [4.69, 9.17) is 14.2 Å². The lowest BCUT2D eigenvalue weighted by atomic mass is 10.1. The van der Waals surface area contributed by atoms with Gasteiger partial charge in [-0.15, -0.1) is 0 Å². The molecule has 5 atom stereocenters. The number of imidazole rings is 1. The van der Waals surface area contributed by atoms with Gasteiger partial charge in [0.25, 0.3) is 0 Å². The smallest absolute Gasteiger partial charge is 0.243 e. The maximum absolute atomic E-state index is 10.4. The van der Waals surface area contributed by atoms with E-state index in [-0.39, 0.29) is 33.0 Å². The van der Waals surface area contributed by atoms with E-state index in [2.05, 4.69) is 0 Å². The fourth-order valence-electron chi connectivity index (χ4n) is 3.51. The van der Waals surface area contributed by atoms with Crippen LogP contribution in [0.15, 0.2) is 37.2 Å². The highest BCUT2D eigenvalue weighted by atomic mass is 16.6. The van der Waals surface area contributed by atoms with E-state index >= 15 is 0 Å². The van der Waals surface area contributed by atoms with Crippen molar-refractivity contribution in [1.82, 2.24) is 9.13 Å². The maximum atomic E-state index is 10.4. The molecule has 2 heterocycles. The van der Waals surface area contributed by atoms with Crippen LogP contribution in [0, 0.1) is 0 Å². The lowest BCUT2D eigenvalue weighted by molar-refractivity contribution is -0.703. The highest BCUT2D eigenvalue weighted by molar-refractivity contribution is 5.10. The van der Waals surface area contributed by atoms with Crippen molar-refractivity contribution in [3.63, 3.8) is 0 Å². The van der Waals surface area contributed by atoms with E-state index in [1.165, 1.54) is 0 Å². The van der Waals surface area contributed by atoms with Crippen LogP contribution in [-0.2, 0) is 40.8 Å². The van der Waals surface area contributed by atoms with Crippen LogP contribution >= 0.6 is 0 Å². The summed E-state index contributed by atoms with van der Waals surface area (Å²) in [4.78, 5) is 0. The van der Waals surface area contributed by atoms with Gasteiger partial charge in [-0.05, 0) is 24.5 Å². The Morgan fingerprint density at radius 2 is 1.51 bits per heavy atom. The van der Waals surface area contributed by atoms with Gasteiger partial charge in [0.2, 0.25) is 6.33 Å². The monoisotopic (exact) mass is 498 g/mol. The molecule has 0 aliphatic rings. The van der Waals surface area contributed by atoms with Crippen LogP contribution in [0.5, 0.6) is 0 Å². The number of aliphatic hydroxyl groups is 4. The molecule has 0 aliphatic heterocycles. The van der Waals surface area contributed by atoms with Gasteiger partial charge in [-0.3, -0.25) is 0 Å². The number of aryl methyl sites for hydroxylation is 1. The van der Waals surface area contributed by atoms with E-state index in [0.717, 1.165) is 5.56 Å². The molecule has 0 bridgehead atoms. The predicted molar refractivity (Wildman–Crippen MR) is 130 cm³/mol. The van der Waals surface area contributed by atoms with E-state index in [1.54, 1.807) is 0 Å². The van der Waals surface area contributed by atoms with Crippen molar-refractivity contribution in [1.29, 1.82) is 0 Å². The van der Waals surface area contributed by atoms with Crippen molar-refractivity contribution in [2.75, 3.05) is 33.0 Å². The Hall–Kier alpha value is -1.79. The summed E-state index contributed by atoms with van der Waals surface area (Å²) in [6, 6.07) is 2.00. The van der Waals surface area contributed by atoms with Crippen molar-refractivity contribution in [2.45, 2.75) is 76.7 Å². The maximum Gasteiger partial charge on any atom is 0.243 e. The van der Waals surface area contributed by atoms with E-state index in [1.807, 2.05) is 71.8 Å². The third-order valence-corrected chi connectivity index (χ3v) is 5.65. The van der Waals surface area contributed by atoms with Crippen molar-refractivity contribution in [3.8, 4) is 0 Å². The summed E-state index contributed by atoms with van der Waals surface area (Å²) in [6.07, 6.45) is 8.57. The Morgan fingerprint density at radius 3 is 2.14 bits per heavy atom. The van der Waals surface area contributed by atoms with Crippen molar-refractivity contribution in [2.24, 2.45) is 7.05 Å². The molecular weight excluding hydrogens is 454 g/mol. The molecule has 4 N–H and O–H groups in total. The minimum absolute atomic E-state index is 0.114. The molecule has 0 saturated heterocycles. The number of rotatable bonds is 19. The predicted octanol–water partition coefficient (Wildman–Crippen LogP) is 0.0388. The van der Waals surface area contributed by atoms with Gasteiger partial charge in [-0.25, -0.2) is 9.13 Å². The van der Waals surface area contributed by atoms with Gasteiger partial charge < -0.3 is 39.2 Å². The molecule has 5 unspecified atom stereocenters. The Morgan fingerprint density at radius 1 is 0.857 bits per heavy atom. The second-order valence-electron chi connectivity index (χ2n) is 9.16. The first-order valence-corrected chi connectivity index (χ1v) is 12.4. The first-order valence-electron chi connectivity index (χ1n) is 12.4. The highest BCUT2D eigenvalue weighted by Gasteiger charge is 2.17. The molecule has 35 heavy (non-hydrogen) atoms. The van der Waals surface area contributed by atoms with Crippen molar-refractivity contribution >= 4 is 0 Å². The van der Waals surface area contributed by atoms with Crippen LogP contribution < -0.4 is 4.57 Å². The van der Waals surface area contributed by atoms with Gasteiger partial charge in [-0.2, -0.15) is 0 Å². The van der Waals surface area contributed by atoms with Crippen LogP contribution in [0.2, 0.25) is 0 Å². The molecule has 0 saturated carbocycles. The number of hydrogen-bond donors (Lipinski definition) is 4. The van der Waals surface area contributed by atoms with E-state index < -0.39 is 30.5 Å². The van der Waals surface area contributed by atoms with Gasteiger partial charge in [0, 0.05) is 25.9 Å². The molecule has 0 fully saturated rings. The average molecular weight is 499 g/mol. The largest absolute Gasteiger partial charge is 0.391 e. The van der Waals surface area contributed by atoms with Gasteiger partial charge in [0.15, 0.2) is 0 Å². The number of aliphatic hydroxyl groups excluding tert-OH is 4. The average Bonchev–Trinajstić information content (AvgIpc) is 3.44. The topological polar surface area (TPSA) is 122 Å². The van der Waals surface area contributed by atoms with Crippen LogP contribution in [0.3, 0.4) is 0 Å². The Kier molecular flexibility index (Phi) is 13.5. The van der Waals surface area contributed by atoms with Gasteiger partial charge >= 0.3 is 0 Å². The Labute approximate surface area is 208 Å². The zero-order valence-corrected chi connectivity index (χ0v) is 21.3. The lowest BCUT2D eigenvalue weighted by Gasteiger charge is -2.21. The summed E-state index contributed by atoms with van der Waals surface area (Å²) in [5, 5.41) is 40.2. The zero-order chi connectivity index (χ0) is 25.6. The summed E-state index contributed by atoms with van der Waals surface area (Å²) in [5.41, 5.74) is 1.09. The second-order valence-corrected chi connectivity index (χ2v) is 9.16. The van der Waals surface area contributed by atoms with Gasteiger partial charge in [-0.1, -0.05) is 13.8 Å². The molecule has 0 aromatic carbocycles. The van der Waals surface area contributed by atoms with Crippen LogP contribution in [-0.4, -0.2) is 93.1 Å². The van der Waals surface area contributed by atoms with E-state index in [0.29, 0.717) is 32.4 Å². The summed E-state index contributed by atoms with van der Waals surface area (Å²) >= 11 is 0. The van der Waals surface area contributed by atoms with Gasteiger partial charge in [0.05, 0.1) is 51.3 Å². The fraction of sp³-hybridized carbons (Fsp3) is 0.720. The summed E-state index contributed by atoms with van der Waals surface area (Å²) < 4.78 is 22.6. The van der Waals surface area contributed by atoms with Crippen molar-refractivity contribution < 1.29 is 39.2 Å². The highest BCUT2D eigenvalue weighted by Crippen LogP contribution is 2.05. The Bertz CT molecular complexity index is 813. The van der Waals surface area contributed by atoms with Crippen LogP contribution in [0.1, 0.15) is 32.3 Å². The number of ether oxygens (including phenoxy) is 3. The number of nitrogens with zero attached hydrogens (tertiary/aromatic N) is 3. The molecule has 0 amide bonds. The fourth-order valence-corrected chi connectivity index (χ4v) is 3.51. The SMILES string of the molecule is CCC(O)COCC(COCC(O)Cn1cc[n+](CC(O)Cc2ccn(C)c2)c1)OCC(O)CC. The summed E-state index contributed by atoms with van der Waals surface area (Å²) in [7, 11) is 1.95. The van der Waals surface area contributed by atoms with Crippen LogP contribution in [0.25, 0.3) is 0 Å². The second kappa shape index (κ2) is 16.1. The molecular formula is C25H44N3O7+. The normalized spacial score (nSPS) is 16.2. The van der Waals surface area contributed by atoms with Gasteiger partial charge in [0.1, 0.15) is 37.7 Å². The van der Waals surface area contributed by atoms with Crippen LogP contribution in [0.4, 0.5) is 0 Å². The standard InChI is InChI=1S/C25H44N3O7/c1-4-21(29)14-33-17-25(35-16-22(30)5-2)18-34-15-24(32)13-28-9-8-27(19-28)12-23(31)10-20-6-7-26(3)11-20/h6-9,11,19,21-25,29-32H,4-5,10,12-18H2,1-3H3/q+1. The molecule has 0 aliphatic carbocycles. The number of hydrogen-bond acceptors (Lipinski definition) is 7. The molecule has 2 rings (SSSR count). The molecule has 0 radical (unpaired) electrons. The molecule has 2 aromatic heterocycles. The van der Waals surface area contributed by atoms with E-state index in [9.17, 15) is 20.4 Å². The first kappa shape index (κ1) is 29.4. The molecule has 0 spiro atoms. The van der Waals surface area contributed by atoms with Crippen molar-refractivity contribution in [3.05, 3.63) is 42.7 Å². The molecule has 200 valence electrons.